The number of methoxy groups -OCH3 is 2. The quantitative estimate of drug-likeness (QED) is 0.576. The molecule has 1 aromatic rings. The number of benzene rings is 1. The van der Waals surface area contributed by atoms with Gasteiger partial charge in [0.05, 0.1) is 14.2 Å². The minimum atomic E-state index is -0.266. The average molecular weight is 252 g/mol. The molecule has 0 aliphatic rings. The fourth-order valence-electron chi connectivity index (χ4n) is 1.60. The van der Waals surface area contributed by atoms with Crippen molar-refractivity contribution in [3.05, 3.63) is 17.7 Å². The maximum Gasteiger partial charge on any atom is 0.311 e. The minimum absolute atomic E-state index is 0.266. The lowest BCUT2D eigenvalue weighted by Crippen LogP contribution is -2.09. The highest BCUT2D eigenvalue weighted by Gasteiger charge is 2.16. The van der Waals surface area contributed by atoms with Crippen LogP contribution >= 0.6 is 0 Å². The molecule has 0 saturated heterocycles. The number of hydrogen-bond acceptors (Lipinski definition) is 4. The molecule has 0 aromatic heterocycles. The van der Waals surface area contributed by atoms with Gasteiger partial charge in [0.15, 0.2) is 11.5 Å². The molecule has 0 spiro atoms. The molecule has 0 aliphatic heterocycles. The predicted molar refractivity (Wildman–Crippen MR) is 69.4 cm³/mol. The summed E-state index contributed by atoms with van der Waals surface area (Å²) in [5.41, 5.74) is 0.983. The second-order valence-electron chi connectivity index (χ2n) is 4.08. The third kappa shape index (κ3) is 3.65. The number of rotatable bonds is 6. The van der Waals surface area contributed by atoms with Crippen molar-refractivity contribution in [2.24, 2.45) is 0 Å². The van der Waals surface area contributed by atoms with Gasteiger partial charge in [-0.25, -0.2) is 0 Å². The Morgan fingerprint density at radius 1 is 1.17 bits per heavy atom. The first-order valence-electron chi connectivity index (χ1n) is 6.05. The zero-order valence-electron chi connectivity index (χ0n) is 11.4. The standard InChI is InChI=1S/C14H20O4/c1-5-6-7-13(15)18-14-11(16-3)8-10(2)9-12(14)17-4/h8-9H,5-7H2,1-4H3. The molecule has 0 amide bonds. The van der Waals surface area contributed by atoms with Gasteiger partial charge in [-0.15, -0.1) is 0 Å². The first-order valence-corrected chi connectivity index (χ1v) is 6.05. The third-order valence-corrected chi connectivity index (χ3v) is 2.56. The third-order valence-electron chi connectivity index (χ3n) is 2.56. The Kier molecular flexibility index (Phi) is 5.49. The van der Waals surface area contributed by atoms with Gasteiger partial charge in [0.25, 0.3) is 0 Å². The zero-order chi connectivity index (χ0) is 13.5. The molecular weight excluding hydrogens is 232 g/mol. The molecule has 18 heavy (non-hydrogen) atoms. The zero-order valence-corrected chi connectivity index (χ0v) is 11.4. The van der Waals surface area contributed by atoms with Crippen molar-refractivity contribution in [2.45, 2.75) is 33.1 Å². The maximum absolute atomic E-state index is 11.7. The van der Waals surface area contributed by atoms with Crippen molar-refractivity contribution in [1.29, 1.82) is 0 Å². The molecule has 4 heteroatoms. The van der Waals surface area contributed by atoms with Crippen LogP contribution in [0, 0.1) is 6.92 Å². The molecule has 0 fully saturated rings. The Morgan fingerprint density at radius 3 is 2.17 bits per heavy atom. The molecular formula is C14H20O4. The van der Waals surface area contributed by atoms with E-state index in [9.17, 15) is 4.79 Å². The average Bonchev–Trinajstić information content (AvgIpc) is 2.37. The van der Waals surface area contributed by atoms with Crippen LogP contribution in [-0.2, 0) is 4.79 Å². The number of ether oxygens (including phenoxy) is 3. The van der Waals surface area contributed by atoms with Gasteiger partial charge in [0, 0.05) is 6.42 Å². The molecule has 4 nitrogen and oxygen atoms in total. The second kappa shape index (κ2) is 6.89. The predicted octanol–water partition coefficient (Wildman–Crippen LogP) is 3.11. The van der Waals surface area contributed by atoms with Crippen molar-refractivity contribution < 1.29 is 19.0 Å². The lowest BCUT2D eigenvalue weighted by molar-refractivity contribution is -0.134. The van der Waals surface area contributed by atoms with Crippen LogP contribution in [0.2, 0.25) is 0 Å². The van der Waals surface area contributed by atoms with Gasteiger partial charge in [-0.3, -0.25) is 4.79 Å². The fraction of sp³-hybridized carbons (Fsp3) is 0.500. The molecule has 0 bridgehead atoms. The van der Waals surface area contributed by atoms with E-state index in [1.54, 1.807) is 0 Å². The van der Waals surface area contributed by atoms with E-state index in [2.05, 4.69) is 0 Å². The van der Waals surface area contributed by atoms with Crippen LogP contribution in [0.25, 0.3) is 0 Å². The Hall–Kier alpha value is -1.71. The highest BCUT2D eigenvalue weighted by atomic mass is 16.6. The molecule has 0 unspecified atom stereocenters. The van der Waals surface area contributed by atoms with Crippen LogP contribution in [0.1, 0.15) is 31.7 Å². The van der Waals surface area contributed by atoms with Crippen LogP contribution in [0.4, 0.5) is 0 Å². The van der Waals surface area contributed by atoms with Gasteiger partial charge in [0.2, 0.25) is 5.75 Å². The number of unbranched alkanes of at least 4 members (excludes halogenated alkanes) is 1. The number of carbonyl (C=O) groups excluding carboxylic acids is 1. The number of hydrogen-bond donors (Lipinski definition) is 0. The first kappa shape index (κ1) is 14.4. The van der Waals surface area contributed by atoms with Crippen LogP contribution in [0.3, 0.4) is 0 Å². The van der Waals surface area contributed by atoms with Crippen LogP contribution < -0.4 is 14.2 Å². The summed E-state index contributed by atoms with van der Waals surface area (Å²) in [5.74, 6) is 1.11. The maximum atomic E-state index is 11.7. The summed E-state index contributed by atoms with van der Waals surface area (Å²) in [4.78, 5) is 11.7. The number of aryl methyl sites for hydroxylation is 1. The molecule has 0 radical (unpaired) electrons. The highest BCUT2D eigenvalue weighted by molar-refractivity contribution is 5.74. The summed E-state index contributed by atoms with van der Waals surface area (Å²) >= 11 is 0. The Bertz CT molecular complexity index is 387. The second-order valence-corrected chi connectivity index (χ2v) is 4.08. The molecule has 0 heterocycles. The van der Waals surface area contributed by atoms with E-state index in [1.165, 1.54) is 14.2 Å². The molecule has 1 aromatic carbocycles. The minimum Gasteiger partial charge on any atom is -0.493 e. The largest absolute Gasteiger partial charge is 0.493 e. The van der Waals surface area contributed by atoms with E-state index < -0.39 is 0 Å². The Labute approximate surface area is 108 Å². The summed E-state index contributed by atoms with van der Waals surface area (Å²) in [6.45, 7) is 3.95. The monoisotopic (exact) mass is 252 g/mol. The van der Waals surface area contributed by atoms with E-state index in [1.807, 2.05) is 26.0 Å². The van der Waals surface area contributed by atoms with Gasteiger partial charge >= 0.3 is 5.97 Å². The van der Waals surface area contributed by atoms with E-state index in [0.29, 0.717) is 23.7 Å². The van der Waals surface area contributed by atoms with Crippen molar-refractivity contribution in [3.8, 4) is 17.2 Å². The van der Waals surface area contributed by atoms with Crippen LogP contribution in [-0.4, -0.2) is 20.2 Å². The SMILES string of the molecule is CCCCC(=O)Oc1c(OC)cc(C)cc1OC. The van der Waals surface area contributed by atoms with Crippen LogP contribution in [0.5, 0.6) is 17.2 Å². The Balaban J connectivity index is 2.95. The molecule has 0 N–H and O–H groups in total. The highest BCUT2D eigenvalue weighted by Crippen LogP contribution is 2.38. The van der Waals surface area contributed by atoms with Crippen molar-refractivity contribution in [2.75, 3.05) is 14.2 Å². The summed E-state index contributed by atoms with van der Waals surface area (Å²) in [6, 6.07) is 3.62. The lowest BCUT2D eigenvalue weighted by atomic mass is 10.2. The summed E-state index contributed by atoms with van der Waals surface area (Å²) in [6.07, 6.45) is 2.17. The molecule has 1 rings (SSSR count). The topological polar surface area (TPSA) is 44.8 Å². The summed E-state index contributed by atoms with van der Waals surface area (Å²) in [7, 11) is 3.08. The lowest BCUT2D eigenvalue weighted by Gasteiger charge is -2.13. The summed E-state index contributed by atoms with van der Waals surface area (Å²) < 4.78 is 15.8. The molecule has 0 atom stereocenters. The van der Waals surface area contributed by atoms with Gasteiger partial charge in [-0.05, 0) is 31.0 Å². The van der Waals surface area contributed by atoms with Gasteiger partial charge in [0.1, 0.15) is 0 Å². The Morgan fingerprint density at radius 2 is 1.72 bits per heavy atom. The van der Waals surface area contributed by atoms with Crippen molar-refractivity contribution in [3.63, 3.8) is 0 Å². The van der Waals surface area contributed by atoms with E-state index in [0.717, 1.165) is 18.4 Å². The van der Waals surface area contributed by atoms with Gasteiger partial charge in [-0.1, -0.05) is 13.3 Å². The van der Waals surface area contributed by atoms with Crippen LogP contribution in [0.15, 0.2) is 12.1 Å². The van der Waals surface area contributed by atoms with Gasteiger partial charge in [-0.2, -0.15) is 0 Å². The van der Waals surface area contributed by atoms with Gasteiger partial charge < -0.3 is 14.2 Å². The number of carbonyl (C=O) groups is 1. The smallest absolute Gasteiger partial charge is 0.311 e. The van der Waals surface area contributed by atoms with E-state index in [4.69, 9.17) is 14.2 Å². The first-order chi connectivity index (χ1) is 8.62. The molecule has 0 saturated carbocycles. The van der Waals surface area contributed by atoms with Crippen molar-refractivity contribution in [1.82, 2.24) is 0 Å². The molecule has 0 aliphatic carbocycles. The fourth-order valence-corrected chi connectivity index (χ4v) is 1.60. The molecule has 100 valence electrons. The van der Waals surface area contributed by atoms with Crippen molar-refractivity contribution >= 4 is 5.97 Å². The van der Waals surface area contributed by atoms with E-state index in [-0.39, 0.29) is 5.97 Å². The van der Waals surface area contributed by atoms with E-state index >= 15 is 0 Å². The normalized spacial score (nSPS) is 10.0. The summed E-state index contributed by atoms with van der Waals surface area (Å²) in [5, 5.41) is 0. The number of esters is 1.